The lowest BCUT2D eigenvalue weighted by molar-refractivity contribution is -0.141. The fraction of sp³-hybridized carbons (Fsp3) is 0.818. The topological polar surface area (TPSA) is 49.9 Å². The maximum atomic E-state index is 12.2. The Morgan fingerprint density at radius 1 is 0.889 bits per heavy atom. The van der Waals surface area contributed by atoms with Crippen LogP contribution in [0.4, 0.5) is 0 Å². The van der Waals surface area contributed by atoms with Crippen LogP contribution >= 0.6 is 0 Å². The lowest BCUT2D eigenvalue weighted by atomic mass is 10.1. The minimum Gasteiger partial charge on any atom is -0.466 e. The Hall–Kier alpha value is -1.36. The quantitative estimate of drug-likeness (QED) is 0.258. The first kappa shape index (κ1) is 23.7. The lowest BCUT2D eigenvalue weighted by Crippen LogP contribution is -2.48. The third kappa shape index (κ3) is 12.6. The lowest BCUT2D eigenvalue weighted by Gasteiger charge is -2.34. The van der Waals surface area contributed by atoms with Gasteiger partial charge in [-0.05, 0) is 38.3 Å². The van der Waals surface area contributed by atoms with Crippen molar-refractivity contribution in [2.45, 2.75) is 78.1 Å². The number of amides is 1. The molecule has 1 amide bonds. The third-order valence-corrected chi connectivity index (χ3v) is 5.09. The van der Waals surface area contributed by atoms with Gasteiger partial charge >= 0.3 is 5.97 Å². The first-order valence-corrected chi connectivity index (χ1v) is 10.9. The van der Waals surface area contributed by atoms with Crippen molar-refractivity contribution >= 4 is 11.9 Å². The van der Waals surface area contributed by atoms with Crippen molar-refractivity contribution in [2.75, 3.05) is 39.3 Å². The number of unbranched alkanes of at least 4 members (excludes halogenated alkanes) is 8. The molecular weight excluding hydrogens is 340 g/mol. The first-order valence-electron chi connectivity index (χ1n) is 10.9. The van der Waals surface area contributed by atoms with Crippen LogP contribution in [0.15, 0.2) is 12.2 Å². The van der Waals surface area contributed by atoms with Crippen LogP contribution in [0, 0.1) is 0 Å². The van der Waals surface area contributed by atoms with Crippen LogP contribution in [-0.2, 0) is 14.3 Å². The molecule has 27 heavy (non-hydrogen) atoms. The molecule has 0 aliphatic carbocycles. The summed E-state index contributed by atoms with van der Waals surface area (Å²) in [6.07, 6.45) is 15.4. The maximum absolute atomic E-state index is 12.2. The minimum atomic E-state index is -0.196. The van der Waals surface area contributed by atoms with Crippen molar-refractivity contribution in [1.82, 2.24) is 9.80 Å². The largest absolute Gasteiger partial charge is 0.466 e. The van der Waals surface area contributed by atoms with E-state index >= 15 is 0 Å². The highest BCUT2D eigenvalue weighted by atomic mass is 16.5. The number of esters is 1. The molecule has 1 rings (SSSR count). The zero-order valence-corrected chi connectivity index (χ0v) is 17.6. The highest BCUT2D eigenvalue weighted by molar-refractivity contribution is 5.87. The number of carbonyl (C=O) groups is 2. The molecule has 0 unspecified atom stereocenters. The van der Waals surface area contributed by atoms with Gasteiger partial charge in [0.15, 0.2) is 0 Å². The van der Waals surface area contributed by atoms with Crippen molar-refractivity contribution in [3.63, 3.8) is 0 Å². The third-order valence-electron chi connectivity index (χ3n) is 5.09. The van der Waals surface area contributed by atoms with Gasteiger partial charge in [0.2, 0.25) is 5.91 Å². The van der Waals surface area contributed by atoms with Crippen LogP contribution in [-0.4, -0.2) is 61.0 Å². The summed E-state index contributed by atoms with van der Waals surface area (Å²) in [5, 5.41) is 0. The van der Waals surface area contributed by atoms with E-state index in [0.717, 1.165) is 64.7 Å². The molecule has 1 saturated heterocycles. The van der Waals surface area contributed by atoms with E-state index in [0.29, 0.717) is 6.61 Å². The van der Waals surface area contributed by atoms with Gasteiger partial charge in [-0.25, -0.2) is 0 Å². The molecule has 0 bridgehead atoms. The monoisotopic (exact) mass is 380 g/mol. The van der Waals surface area contributed by atoms with E-state index in [1.165, 1.54) is 39.2 Å². The van der Waals surface area contributed by atoms with Crippen molar-refractivity contribution in [2.24, 2.45) is 0 Å². The van der Waals surface area contributed by atoms with E-state index in [9.17, 15) is 9.59 Å². The molecule has 1 fully saturated rings. The molecule has 5 heteroatoms. The molecule has 1 heterocycles. The van der Waals surface area contributed by atoms with E-state index in [2.05, 4.69) is 11.8 Å². The summed E-state index contributed by atoms with van der Waals surface area (Å²) in [7, 11) is 0. The molecule has 1 aliphatic rings. The summed E-state index contributed by atoms with van der Waals surface area (Å²) in [5.74, 6) is -0.0276. The van der Waals surface area contributed by atoms with Crippen LogP contribution in [0.1, 0.15) is 78.1 Å². The number of hydrogen-bond acceptors (Lipinski definition) is 4. The average Bonchev–Trinajstić information content (AvgIpc) is 2.66. The molecular formula is C22H40N2O3. The van der Waals surface area contributed by atoms with Gasteiger partial charge in [-0.3, -0.25) is 14.5 Å². The summed E-state index contributed by atoms with van der Waals surface area (Å²) in [6.45, 7) is 9.15. The predicted octanol–water partition coefficient (Wildman–Crippen LogP) is 4.17. The van der Waals surface area contributed by atoms with Crippen molar-refractivity contribution in [3.8, 4) is 0 Å². The van der Waals surface area contributed by atoms with Gasteiger partial charge < -0.3 is 9.64 Å². The van der Waals surface area contributed by atoms with Gasteiger partial charge in [0.05, 0.1) is 6.61 Å². The number of allylic oxidation sites excluding steroid dienone is 1. The number of rotatable bonds is 14. The van der Waals surface area contributed by atoms with E-state index in [-0.39, 0.29) is 11.9 Å². The first-order chi connectivity index (χ1) is 13.1. The Balaban J connectivity index is 1.99. The molecule has 1 aliphatic heterocycles. The Labute approximate surface area is 166 Å². The zero-order chi connectivity index (χ0) is 19.7. The molecule has 0 saturated carbocycles. The Morgan fingerprint density at radius 3 is 2.26 bits per heavy atom. The van der Waals surface area contributed by atoms with Crippen LogP contribution in [0.25, 0.3) is 0 Å². The molecule has 0 aromatic rings. The van der Waals surface area contributed by atoms with Crippen molar-refractivity contribution in [3.05, 3.63) is 12.2 Å². The summed E-state index contributed by atoms with van der Waals surface area (Å²) < 4.78 is 4.91. The molecule has 0 N–H and O–H groups in total. The van der Waals surface area contributed by atoms with E-state index in [4.69, 9.17) is 4.74 Å². The van der Waals surface area contributed by atoms with Crippen LogP contribution in [0.3, 0.4) is 0 Å². The van der Waals surface area contributed by atoms with Gasteiger partial charge in [-0.15, -0.1) is 0 Å². The number of piperazine rings is 1. The van der Waals surface area contributed by atoms with Crippen molar-refractivity contribution < 1.29 is 14.3 Å². The smallest absolute Gasteiger partial charge is 0.302 e. The number of hydrogen-bond donors (Lipinski definition) is 0. The van der Waals surface area contributed by atoms with Gasteiger partial charge in [0.1, 0.15) is 0 Å². The molecule has 0 atom stereocenters. The predicted molar refractivity (Wildman–Crippen MR) is 111 cm³/mol. The maximum Gasteiger partial charge on any atom is 0.302 e. The summed E-state index contributed by atoms with van der Waals surface area (Å²) >= 11 is 0. The molecule has 0 aromatic heterocycles. The van der Waals surface area contributed by atoms with E-state index in [1.54, 1.807) is 6.08 Å². The Morgan fingerprint density at radius 2 is 1.56 bits per heavy atom. The standard InChI is InChI=1S/C22H40N2O3/c1-3-4-5-12-15-23-16-18-24(19-17-23)22(26)14-11-9-7-6-8-10-13-20-27-21(2)25/h11,14H,3-10,12-13,15-20H2,1-2H3. The molecule has 156 valence electrons. The molecule has 5 nitrogen and oxygen atoms in total. The van der Waals surface area contributed by atoms with Crippen LogP contribution in [0.5, 0.6) is 0 Å². The molecule has 0 spiro atoms. The highest BCUT2D eigenvalue weighted by Gasteiger charge is 2.18. The SMILES string of the molecule is CCCCCCN1CCN(C(=O)C=CCCCCCCCOC(C)=O)CC1. The normalized spacial score (nSPS) is 15.4. The van der Waals surface area contributed by atoms with Gasteiger partial charge in [0.25, 0.3) is 0 Å². The Kier molecular flexibility index (Phi) is 13.7. The van der Waals surface area contributed by atoms with Gasteiger partial charge in [0, 0.05) is 33.1 Å². The number of ether oxygens (including phenoxy) is 1. The van der Waals surface area contributed by atoms with Gasteiger partial charge in [-0.1, -0.05) is 51.5 Å². The van der Waals surface area contributed by atoms with Crippen molar-refractivity contribution in [1.29, 1.82) is 0 Å². The van der Waals surface area contributed by atoms with Crippen LogP contribution in [0.2, 0.25) is 0 Å². The summed E-state index contributed by atoms with van der Waals surface area (Å²) in [5.41, 5.74) is 0. The molecule has 0 radical (unpaired) electrons. The summed E-state index contributed by atoms with van der Waals surface area (Å²) in [6, 6.07) is 0. The second-order valence-corrected chi connectivity index (χ2v) is 7.53. The average molecular weight is 381 g/mol. The molecule has 0 aromatic carbocycles. The second-order valence-electron chi connectivity index (χ2n) is 7.53. The van der Waals surface area contributed by atoms with Crippen LogP contribution < -0.4 is 0 Å². The second kappa shape index (κ2) is 15.7. The zero-order valence-electron chi connectivity index (χ0n) is 17.6. The fourth-order valence-corrected chi connectivity index (χ4v) is 3.35. The summed E-state index contributed by atoms with van der Waals surface area (Å²) in [4.78, 5) is 27.4. The van der Waals surface area contributed by atoms with E-state index in [1.807, 2.05) is 11.0 Å². The highest BCUT2D eigenvalue weighted by Crippen LogP contribution is 2.08. The minimum absolute atomic E-state index is 0.169. The number of nitrogens with zero attached hydrogens (tertiary/aromatic N) is 2. The fourth-order valence-electron chi connectivity index (χ4n) is 3.35. The van der Waals surface area contributed by atoms with E-state index < -0.39 is 0 Å². The number of carbonyl (C=O) groups excluding carboxylic acids is 2. The van der Waals surface area contributed by atoms with Gasteiger partial charge in [-0.2, -0.15) is 0 Å². The Bertz CT molecular complexity index is 429.